The molecule has 0 aromatic heterocycles. The fourth-order valence-electron chi connectivity index (χ4n) is 1.95. The summed E-state index contributed by atoms with van der Waals surface area (Å²) in [4.78, 5) is 2.36. The van der Waals surface area contributed by atoms with Crippen molar-refractivity contribution in [3.8, 4) is 0 Å². The predicted octanol–water partition coefficient (Wildman–Crippen LogP) is 2.72. The van der Waals surface area contributed by atoms with Gasteiger partial charge in [0.25, 0.3) is 0 Å². The lowest BCUT2D eigenvalue weighted by Gasteiger charge is -2.29. The fraction of sp³-hybridized carbons (Fsp3) is 0.538. The fourth-order valence-corrected chi connectivity index (χ4v) is 1.95. The zero-order chi connectivity index (χ0) is 11.4. The van der Waals surface area contributed by atoms with Crippen LogP contribution in [0.2, 0.25) is 0 Å². The number of aryl methyl sites for hydroxylation is 1. The van der Waals surface area contributed by atoms with Crippen molar-refractivity contribution in [2.75, 3.05) is 11.4 Å². The predicted molar refractivity (Wildman–Crippen MR) is 65.3 cm³/mol. The molecule has 1 aromatic carbocycles. The van der Waals surface area contributed by atoms with Crippen LogP contribution in [0.15, 0.2) is 18.2 Å². The van der Waals surface area contributed by atoms with Gasteiger partial charge in [0, 0.05) is 18.3 Å². The zero-order valence-corrected chi connectivity index (χ0v) is 10.1. The number of hydrogen-bond acceptors (Lipinski definition) is 2. The first kappa shape index (κ1) is 12.1. The molecule has 0 amide bonds. The van der Waals surface area contributed by atoms with Crippen LogP contribution in [0.3, 0.4) is 0 Å². The first-order valence-electron chi connectivity index (χ1n) is 5.57. The summed E-state index contributed by atoms with van der Waals surface area (Å²) in [6, 6.07) is 6.66. The molecule has 0 atom stereocenters. The maximum absolute atomic E-state index is 9.04. The molecule has 2 nitrogen and oxygen atoms in total. The van der Waals surface area contributed by atoms with Crippen LogP contribution in [-0.2, 0) is 6.61 Å². The van der Waals surface area contributed by atoms with Crippen LogP contribution in [0, 0.1) is 6.92 Å². The van der Waals surface area contributed by atoms with Gasteiger partial charge in [-0.1, -0.05) is 12.1 Å². The molecule has 0 radical (unpaired) electrons. The van der Waals surface area contributed by atoms with E-state index >= 15 is 0 Å². The Morgan fingerprint density at radius 1 is 1.33 bits per heavy atom. The minimum atomic E-state index is 0.120. The summed E-state index contributed by atoms with van der Waals surface area (Å²) in [6.45, 7) is 9.79. The lowest BCUT2D eigenvalue weighted by Crippen LogP contribution is -2.30. The summed E-state index contributed by atoms with van der Waals surface area (Å²) >= 11 is 0. The van der Waals surface area contributed by atoms with Crippen LogP contribution >= 0.6 is 0 Å². The van der Waals surface area contributed by atoms with Crippen LogP contribution in [0.25, 0.3) is 0 Å². The van der Waals surface area contributed by atoms with E-state index in [0.717, 1.165) is 12.1 Å². The van der Waals surface area contributed by atoms with Crippen LogP contribution in [0.5, 0.6) is 0 Å². The average molecular weight is 207 g/mol. The highest BCUT2D eigenvalue weighted by molar-refractivity contribution is 5.54. The van der Waals surface area contributed by atoms with Crippen molar-refractivity contribution < 1.29 is 5.11 Å². The summed E-state index contributed by atoms with van der Waals surface area (Å²) in [5, 5.41) is 9.04. The summed E-state index contributed by atoms with van der Waals surface area (Å²) in [5.74, 6) is 0. The Morgan fingerprint density at radius 3 is 2.40 bits per heavy atom. The van der Waals surface area contributed by atoms with E-state index in [1.165, 1.54) is 11.3 Å². The molecule has 0 aliphatic heterocycles. The second-order valence-electron chi connectivity index (χ2n) is 4.16. The molecule has 0 spiro atoms. The first-order chi connectivity index (χ1) is 7.10. The highest BCUT2D eigenvalue weighted by Crippen LogP contribution is 2.23. The van der Waals surface area contributed by atoms with Gasteiger partial charge in [0.05, 0.1) is 6.61 Å². The molecule has 1 aromatic rings. The molecule has 0 saturated heterocycles. The zero-order valence-electron chi connectivity index (χ0n) is 10.1. The van der Waals surface area contributed by atoms with Gasteiger partial charge in [0.2, 0.25) is 0 Å². The van der Waals surface area contributed by atoms with Crippen LogP contribution in [0.4, 0.5) is 5.69 Å². The minimum absolute atomic E-state index is 0.120. The van der Waals surface area contributed by atoms with E-state index in [9.17, 15) is 0 Å². The number of nitrogens with zero attached hydrogens (tertiary/aromatic N) is 1. The summed E-state index contributed by atoms with van der Waals surface area (Å²) in [5.41, 5.74) is 3.48. The van der Waals surface area contributed by atoms with Crippen molar-refractivity contribution in [2.45, 2.75) is 40.3 Å². The van der Waals surface area contributed by atoms with Crippen molar-refractivity contribution in [2.24, 2.45) is 0 Å². The van der Waals surface area contributed by atoms with E-state index in [0.29, 0.717) is 6.04 Å². The van der Waals surface area contributed by atoms with Gasteiger partial charge in [-0.3, -0.25) is 0 Å². The molecule has 2 heteroatoms. The third kappa shape index (κ3) is 2.72. The van der Waals surface area contributed by atoms with Crippen molar-refractivity contribution in [1.82, 2.24) is 0 Å². The normalized spacial score (nSPS) is 10.8. The van der Waals surface area contributed by atoms with E-state index in [4.69, 9.17) is 5.11 Å². The number of hydrogen-bond donors (Lipinski definition) is 1. The van der Waals surface area contributed by atoms with Crippen molar-refractivity contribution in [3.63, 3.8) is 0 Å². The molecule has 0 unspecified atom stereocenters. The summed E-state index contributed by atoms with van der Waals surface area (Å²) in [7, 11) is 0. The lowest BCUT2D eigenvalue weighted by atomic mass is 10.1. The van der Waals surface area contributed by atoms with E-state index in [1.807, 2.05) is 6.07 Å². The Kier molecular flexibility index (Phi) is 4.15. The topological polar surface area (TPSA) is 23.5 Å². The Hall–Kier alpha value is -1.02. The lowest BCUT2D eigenvalue weighted by molar-refractivity contribution is 0.282. The van der Waals surface area contributed by atoms with Gasteiger partial charge in [-0.15, -0.1) is 0 Å². The van der Waals surface area contributed by atoms with Crippen molar-refractivity contribution >= 4 is 5.69 Å². The maximum Gasteiger partial charge on any atom is 0.0681 e. The Bertz CT molecular complexity index is 320. The Balaban J connectivity index is 3.03. The minimum Gasteiger partial charge on any atom is -0.392 e. The standard InChI is InChI=1S/C13H21NO/c1-5-14(10(2)3)13-7-6-12(9-15)8-11(13)4/h6-8,10,15H,5,9H2,1-4H3. The number of aliphatic hydroxyl groups is 1. The molecule has 0 fully saturated rings. The Morgan fingerprint density at radius 2 is 2.00 bits per heavy atom. The van der Waals surface area contributed by atoms with E-state index in [-0.39, 0.29) is 6.61 Å². The largest absolute Gasteiger partial charge is 0.392 e. The molecule has 15 heavy (non-hydrogen) atoms. The van der Waals surface area contributed by atoms with Gasteiger partial charge >= 0.3 is 0 Å². The second kappa shape index (κ2) is 5.17. The van der Waals surface area contributed by atoms with Gasteiger partial charge in [0.1, 0.15) is 0 Å². The molecule has 1 N–H and O–H groups in total. The number of anilines is 1. The number of aliphatic hydroxyl groups excluding tert-OH is 1. The Labute approximate surface area is 92.5 Å². The van der Waals surface area contributed by atoms with Crippen molar-refractivity contribution in [3.05, 3.63) is 29.3 Å². The molecule has 84 valence electrons. The van der Waals surface area contributed by atoms with Crippen LogP contribution in [-0.4, -0.2) is 17.7 Å². The third-order valence-corrected chi connectivity index (χ3v) is 2.72. The van der Waals surface area contributed by atoms with Gasteiger partial charge in [-0.2, -0.15) is 0 Å². The monoisotopic (exact) mass is 207 g/mol. The second-order valence-corrected chi connectivity index (χ2v) is 4.16. The smallest absolute Gasteiger partial charge is 0.0681 e. The molecule has 1 rings (SSSR count). The summed E-state index contributed by atoms with van der Waals surface area (Å²) < 4.78 is 0. The van der Waals surface area contributed by atoms with E-state index < -0.39 is 0 Å². The number of benzene rings is 1. The first-order valence-corrected chi connectivity index (χ1v) is 5.57. The van der Waals surface area contributed by atoms with E-state index in [1.54, 1.807) is 0 Å². The molecular weight excluding hydrogens is 186 g/mol. The van der Waals surface area contributed by atoms with Gasteiger partial charge in [-0.05, 0) is 44.9 Å². The molecule has 0 saturated carbocycles. The average Bonchev–Trinajstić information content (AvgIpc) is 2.20. The number of rotatable bonds is 4. The highest BCUT2D eigenvalue weighted by Gasteiger charge is 2.10. The van der Waals surface area contributed by atoms with Crippen LogP contribution in [0.1, 0.15) is 31.9 Å². The molecule has 0 aliphatic rings. The van der Waals surface area contributed by atoms with Gasteiger partial charge in [0.15, 0.2) is 0 Å². The molecule has 0 heterocycles. The van der Waals surface area contributed by atoms with Crippen molar-refractivity contribution in [1.29, 1.82) is 0 Å². The molecular formula is C13H21NO. The van der Waals surface area contributed by atoms with Gasteiger partial charge < -0.3 is 10.0 Å². The van der Waals surface area contributed by atoms with E-state index in [2.05, 4.69) is 44.7 Å². The molecule has 0 aliphatic carbocycles. The van der Waals surface area contributed by atoms with Crippen LogP contribution < -0.4 is 4.90 Å². The quantitative estimate of drug-likeness (QED) is 0.820. The van der Waals surface area contributed by atoms with Gasteiger partial charge in [-0.25, -0.2) is 0 Å². The maximum atomic E-state index is 9.04. The summed E-state index contributed by atoms with van der Waals surface area (Å²) in [6.07, 6.45) is 0. The highest BCUT2D eigenvalue weighted by atomic mass is 16.3. The SMILES string of the molecule is CCN(c1ccc(CO)cc1C)C(C)C. The molecule has 0 bridgehead atoms. The third-order valence-electron chi connectivity index (χ3n) is 2.72.